The van der Waals surface area contributed by atoms with Gasteiger partial charge in [-0.05, 0) is 44.4 Å². The highest BCUT2D eigenvalue weighted by Crippen LogP contribution is 2.46. The van der Waals surface area contributed by atoms with Crippen molar-refractivity contribution in [3.63, 3.8) is 0 Å². The average molecular weight is 537 g/mol. The molecule has 4 rings (SSSR count). The van der Waals surface area contributed by atoms with Gasteiger partial charge in [0.15, 0.2) is 12.2 Å². The Kier molecular flexibility index (Phi) is 7.86. The lowest BCUT2D eigenvalue weighted by molar-refractivity contribution is -0.277. The molecule has 7 atom stereocenters. The van der Waals surface area contributed by atoms with E-state index in [2.05, 4.69) is 0 Å². The molecule has 2 aromatic carbocycles. The first-order chi connectivity index (χ1) is 17.8. The minimum atomic E-state index is -1.75. The Morgan fingerprint density at radius 3 is 2.26 bits per heavy atom. The lowest BCUT2D eigenvalue weighted by atomic mass is 9.89. The van der Waals surface area contributed by atoms with E-state index in [0.29, 0.717) is 5.56 Å². The van der Waals surface area contributed by atoms with Gasteiger partial charge < -0.3 is 55.1 Å². The van der Waals surface area contributed by atoms with E-state index in [0.717, 1.165) is 0 Å². The lowest BCUT2D eigenvalue weighted by Crippen LogP contribution is -2.60. The molecule has 12 nitrogen and oxygen atoms in total. The summed E-state index contributed by atoms with van der Waals surface area (Å²) >= 11 is 0. The second kappa shape index (κ2) is 10.7. The number of phenolic OH excluding ortho intramolecular Hbond substituents is 2. The Hall–Kier alpha value is -2.97. The van der Waals surface area contributed by atoms with Crippen LogP contribution in [0.5, 0.6) is 23.0 Å². The van der Waals surface area contributed by atoms with Crippen LogP contribution in [-0.4, -0.2) is 95.7 Å². The number of benzene rings is 2. The number of hydrogen-bond donors (Lipinski definition) is 8. The maximum atomic E-state index is 13.2. The smallest absolute Gasteiger partial charge is 0.229 e. The summed E-state index contributed by atoms with van der Waals surface area (Å²) in [5.41, 5.74) is -1.07. The van der Waals surface area contributed by atoms with E-state index < -0.39 is 66.7 Å². The van der Waals surface area contributed by atoms with Crippen molar-refractivity contribution in [1.82, 2.24) is 0 Å². The molecule has 0 spiro atoms. The van der Waals surface area contributed by atoms with Gasteiger partial charge in [0.2, 0.25) is 12.1 Å². The number of hydrogen-bond acceptors (Lipinski definition) is 12. The van der Waals surface area contributed by atoms with E-state index >= 15 is 0 Å². The fraction of sp³-hybridized carbons (Fsp3) is 0.500. The second-order valence-corrected chi connectivity index (χ2v) is 10.1. The number of carbonyl (C=O) groups excluding carboxylic acids is 1. The van der Waals surface area contributed by atoms with Gasteiger partial charge >= 0.3 is 0 Å². The number of ether oxygens (including phenoxy) is 3. The van der Waals surface area contributed by atoms with E-state index in [1.54, 1.807) is 13.8 Å². The maximum Gasteiger partial charge on any atom is 0.229 e. The predicted octanol–water partition coefficient (Wildman–Crippen LogP) is -0.343. The first kappa shape index (κ1) is 28.0. The van der Waals surface area contributed by atoms with Crippen molar-refractivity contribution in [2.24, 2.45) is 0 Å². The van der Waals surface area contributed by atoms with Crippen molar-refractivity contribution >= 4 is 5.78 Å². The number of Topliss-reactive ketones (excluding diaryl/α,β-unsaturated/α-hetero) is 1. The molecule has 0 aliphatic carbocycles. The molecule has 0 bridgehead atoms. The van der Waals surface area contributed by atoms with Crippen LogP contribution in [0.1, 0.15) is 47.9 Å². The van der Waals surface area contributed by atoms with Crippen LogP contribution in [0.3, 0.4) is 0 Å². The summed E-state index contributed by atoms with van der Waals surface area (Å²) in [5.74, 6) is -1.70. The third kappa shape index (κ3) is 5.43. The lowest BCUT2D eigenvalue weighted by Gasteiger charge is -2.40. The van der Waals surface area contributed by atoms with Crippen molar-refractivity contribution < 1.29 is 59.9 Å². The van der Waals surface area contributed by atoms with Crippen LogP contribution in [-0.2, 0) is 11.2 Å². The average Bonchev–Trinajstić information content (AvgIpc) is 2.86. The van der Waals surface area contributed by atoms with E-state index in [-0.39, 0.29) is 41.2 Å². The third-order valence-corrected chi connectivity index (χ3v) is 6.68. The van der Waals surface area contributed by atoms with Crippen LogP contribution in [0.15, 0.2) is 30.3 Å². The van der Waals surface area contributed by atoms with Crippen LogP contribution in [0, 0.1) is 0 Å². The number of aliphatic hydroxyl groups excluding tert-OH is 5. The minimum absolute atomic E-state index is 0.0138. The number of aliphatic hydroxyl groups is 6. The van der Waals surface area contributed by atoms with Gasteiger partial charge in [0.1, 0.15) is 53.0 Å². The van der Waals surface area contributed by atoms with Gasteiger partial charge in [0, 0.05) is 11.6 Å². The highest BCUT2D eigenvalue weighted by molar-refractivity contribution is 6.06. The molecule has 2 aliphatic rings. The van der Waals surface area contributed by atoms with Crippen LogP contribution in [0.4, 0.5) is 0 Å². The number of ketones is 1. The number of fused-ring (bicyclic) bond motifs is 1. The highest BCUT2D eigenvalue weighted by atomic mass is 16.7. The van der Waals surface area contributed by atoms with E-state index in [9.17, 15) is 45.6 Å². The first-order valence-electron chi connectivity index (χ1n) is 12.1. The van der Waals surface area contributed by atoms with Gasteiger partial charge in [-0.3, -0.25) is 4.79 Å². The highest BCUT2D eigenvalue weighted by Gasteiger charge is 2.46. The molecule has 1 fully saturated rings. The molecule has 8 N–H and O–H groups in total. The Labute approximate surface area is 217 Å². The summed E-state index contributed by atoms with van der Waals surface area (Å²) in [6.07, 6.45) is -10.7. The predicted molar refractivity (Wildman–Crippen MR) is 129 cm³/mol. The van der Waals surface area contributed by atoms with Crippen LogP contribution >= 0.6 is 0 Å². The monoisotopic (exact) mass is 536 g/mol. The molecule has 2 aliphatic heterocycles. The van der Waals surface area contributed by atoms with Gasteiger partial charge in [-0.15, -0.1) is 0 Å². The Bertz CT molecular complexity index is 1160. The van der Waals surface area contributed by atoms with Crippen LogP contribution < -0.4 is 9.47 Å². The van der Waals surface area contributed by atoms with E-state index in [1.807, 2.05) is 0 Å². The molecular weight excluding hydrogens is 504 g/mol. The SMILES string of the molecule is CC(C)(O)CCc1c(O[C@@H]2O[C@H](CO)[C@@H](O)[C@H](O)[C@H]2O)cc2c(c1O)C(=O)[C@H](O)[C@H](c1ccc(O)cc1)O2. The fourth-order valence-corrected chi connectivity index (χ4v) is 4.46. The first-order valence-corrected chi connectivity index (χ1v) is 12.1. The number of phenols is 2. The molecule has 2 heterocycles. The Morgan fingerprint density at radius 2 is 1.66 bits per heavy atom. The molecule has 12 heteroatoms. The third-order valence-electron chi connectivity index (χ3n) is 6.68. The van der Waals surface area contributed by atoms with Gasteiger partial charge in [-0.1, -0.05) is 12.1 Å². The minimum Gasteiger partial charge on any atom is -0.508 e. The molecule has 208 valence electrons. The maximum absolute atomic E-state index is 13.2. The normalized spacial score (nSPS) is 29.5. The largest absolute Gasteiger partial charge is 0.508 e. The quantitative estimate of drug-likeness (QED) is 0.229. The van der Waals surface area contributed by atoms with Crippen molar-refractivity contribution in [3.05, 3.63) is 47.0 Å². The zero-order chi connectivity index (χ0) is 27.9. The van der Waals surface area contributed by atoms with Crippen molar-refractivity contribution in [1.29, 1.82) is 0 Å². The molecule has 0 amide bonds. The molecular formula is C26H32O12. The molecule has 0 saturated carbocycles. The summed E-state index contributed by atoms with van der Waals surface area (Å²) in [7, 11) is 0. The van der Waals surface area contributed by atoms with Crippen LogP contribution in [0.2, 0.25) is 0 Å². The molecule has 2 aromatic rings. The summed E-state index contributed by atoms with van der Waals surface area (Å²) in [4.78, 5) is 13.2. The molecule has 38 heavy (non-hydrogen) atoms. The van der Waals surface area contributed by atoms with Gasteiger partial charge in [-0.25, -0.2) is 0 Å². The van der Waals surface area contributed by atoms with Crippen molar-refractivity contribution in [2.75, 3.05) is 6.61 Å². The summed E-state index contributed by atoms with van der Waals surface area (Å²) in [5, 5.41) is 81.8. The summed E-state index contributed by atoms with van der Waals surface area (Å²) in [6, 6.07) is 6.90. The van der Waals surface area contributed by atoms with Crippen molar-refractivity contribution in [2.45, 2.75) is 75.2 Å². The molecule has 1 saturated heterocycles. The molecule has 0 radical (unpaired) electrons. The number of aromatic hydroxyl groups is 2. The van der Waals surface area contributed by atoms with Crippen molar-refractivity contribution in [3.8, 4) is 23.0 Å². The summed E-state index contributed by atoms with van der Waals surface area (Å²) < 4.78 is 17.1. The molecule has 0 aromatic heterocycles. The van der Waals surface area contributed by atoms with E-state index in [1.165, 1.54) is 30.3 Å². The number of rotatable bonds is 7. The topological polar surface area (TPSA) is 207 Å². The van der Waals surface area contributed by atoms with Gasteiger partial charge in [0.05, 0.1) is 12.2 Å². The fourth-order valence-electron chi connectivity index (χ4n) is 4.46. The van der Waals surface area contributed by atoms with Gasteiger partial charge in [0.25, 0.3) is 0 Å². The van der Waals surface area contributed by atoms with E-state index in [4.69, 9.17) is 14.2 Å². The zero-order valence-corrected chi connectivity index (χ0v) is 20.8. The number of carbonyl (C=O) groups is 1. The van der Waals surface area contributed by atoms with Crippen LogP contribution in [0.25, 0.3) is 0 Å². The van der Waals surface area contributed by atoms with Gasteiger partial charge in [-0.2, -0.15) is 0 Å². The summed E-state index contributed by atoms with van der Waals surface area (Å²) in [6.45, 7) is 2.40. The molecule has 0 unspecified atom stereocenters. The zero-order valence-electron chi connectivity index (χ0n) is 20.8. The Morgan fingerprint density at radius 1 is 1.00 bits per heavy atom. The Balaban J connectivity index is 1.76. The standard InChI is InChI=1S/C26H32O12/c1-26(2,35)8-7-13-14(37-25-23(34)21(32)19(30)16(10-27)38-25)9-15-17(18(13)29)20(31)22(33)24(36-15)11-3-5-12(28)6-4-11/h3-6,9,16,19,21-25,27-30,32-35H,7-8,10H2,1-2H3/t16-,19-,21+,22+,23-,24+,25-/m1/s1. The second-order valence-electron chi connectivity index (χ2n) is 10.1.